The van der Waals surface area contributed by atoms with Crippen molar-refractivity contribution in [1.82, 2.24) is 15.3 Å². The summed E-state index contributed by atoms with van der Waals surface area (Å²) in [4.78, 5) is 31.1. The van der Waals surface area contributed by atoms with Crippen LogP contribution in [0, 0.1) is 5.92 Å². The summed E-state index contributed by atoms with van der Waals surface area (Å²) in [5, 5.41) is 3.43. The van der Waals surface area contributed by atoms with Crippen molar-refractivity contribution in [3.05, 3.63) is 18.2 Å². The third kappa shape index (κ3) is 4.48. The number of hydrogen-bond donors (Lipinski definition) is 2. The predicted molar refractivity (Wildman–Crippen MR) is 90.8 cm³/mol. The number of carbonyl (C=O) groups is 2. The molecule has 0 saturated carbocycles. The van der Waals surface area contributed by atoms with Crippen LogP contribution in [0.5, 0.6) is 5.75 Å². The van der Waals surface area contributed by atoms with Crippen molar-refractivity contribution >= 4 is 34.5 Å². The summed E-state index contributed by atoms with van der Waals surface area (Å²) in [5.41, 5.74) is 1.67. The fraction of sp³-hybridized carbons (Fsp3) is 0.438. The highest BCUT2D eigenvalue weighted by Crippen LogP contribution is 2.23. The van der Waals surface area contributed by atoms with Gasteiger partial charge in [-0.15, -0.1) is 0 Å². The van der Waals surface area contributed by atoms with Gasteiger partial charge >= 0.3 is 0 Å². The van der Waals surface area contributed by atoms with Gasteiger partial charge in [0.25, 0.3) is 0 Å². The molecule has 7 heteroatoms. The number of amides is 1. The zero-order valence-electron chi connectivity index (χ0n) is 13.7. The molecule has 0 aliphatic heterocycles. The number of thioether (sulfide) groups is 1. The maximum atomic E-state index is 12.0. The third-order valence-electron chi connectivity index (χ3n) is 3.43. The summed E-state index contributed by atoms with van der Waals surface area (Å²) < 4.78 is 5.17. The Labute approximate surface area is 139 Å². The van der Waals surface area contributed by atoms with Crippen molar-refractivity contribution < 1.29 is 14.3 Å². The molecule has 2 aromatic rings. The number of aromatic amines is 1. The van der Waals surface area contributed by atoms with Crippen molar-refractivity contribution in [3.8, 4) is 5.75 Å². The molecule has 0 saturated heterocycles. The van der Waals surface area contributed by atoms with Crippen LogP contribution in [0.15, 0.2) is 23.4 Å². The van der Waals surface area contributed by atoms with Gasteiger partial charge < -0.3 is 15.0 Å². The first-order valence-corrected chi connectivity index (χ1v) is 8.35. The van der Waals surface area contributed by atoms with Gasteiger partial charge in [-0.05, 0) is 25.0 Å². The van der Waals surface area contributed by atoms with Crippen LogP contribution in [-0.4, -0.2) is 40.6 Å². The summed E-state index contributed by atoms with van der Waals surface area (Å²) >= 11 is 1.30. The van der Waals surface area contributed by atoms with Crippen LogP contribution in [-0.2, 0) is 9.59 Å². The predicted octanol–water partition coefficient (Wildman–Crippen LogP) is 2.39. The Hall–Kier alpha value is -2.02. The van der Waals surface area contributed by atoms with Crippen molar-refractivity contribution in [2.45, 2.75) is 32.0 Å². The third-order valence-corrected chi connectivity index (χ3v) is 4.30. The zero-order valence-corrected chi connectivity index (χ0v) is 14.5. The molecule has 0 fully saturated rings. The van der Waals surface area contributed by atoms with Crippen LogP contribution in [0.1, 0.15) is 20.8 Å². The van der Waals surface area contributed by atoms with E-state index in [2.05, 4.69) is 15.3 Å². The molecular weight excluding hydrogens is 314 g/mol. The number of hydrogen-bond acceptors (Lipinski definition) is 5. The second kappa shape index (κ2) is 7.50. The molecule has 0 aliphatic rings. The molecule has 2 N–H and O–H groups in total. The number of fused-ring (bicyclic) bond motifs is 1. The SMILES string of the molecule is COc1ccc2nc(SCC(=O)NC(C(C)=O)C(C)C)[nH]c2c1. The molecule has 1 unspecified atom stereocenters. The quantitative estimate of drug-likeness (QED) is 0.759. The number of H-pyrrole nitrogens is 1. The highest BCUT2D eigenvalue weighted by molar-refractivity contribution is 7.99. The molecule has 6 nitrogen and oxygen atoms in total. The molecule has 0 aliphatic carbocycles. The van der Waals surface area contributed by atoms with E-state index >= 15 is 0 Å². The molecule has 2 rings (SSSR count). The molecular formula is C16H21N3O3S. The van der Waals surface area contributed by atoms with E-state index in [9.17, 15) is 9.59 Å². The molecule has 1 aromatic carbocycles. The lowest BCUT2D eigenvalue weighted by molar-refractivity contribution is -0.126. The normalized spacial score (nSPS) is 12.4. The van der Waals surface area contributed by atoms with Crippen LogP contribution in [0.25, 0.3) is 11.0 Å². The molecule has 0 radical (unpaired) electrons. The van der Waals surface area contributed by atoms with Gasteiger partial charge in [-0.25, -0.2) is 4.98 Å². The minimum absolute atomic E-state index is 0.0332. The summed E-state index contributed by atoms with van der Waals surface area (Å²) in [5.74, 6) is 0.806. The number of imidazole rings is 1. The van der Waals surface area contributed by atoms with Gasteiger partial charge in [-0.1, -0.05) is 25.6 Å². The largest absolute Gasteiger partial charge is 0.497 e. The molecule has 1 atom stereocenters. The number of rotatable bonds is 7. The van der Waals surface area contributed by atoms with Crippen LogP contribution >= 0.6 is 11.8 Å². The van der Waals surface area contributed by atoms with Crippen LogP contribution < -0.4 is 10.1 Å². The van der Waals surface area contributed by atoms with Gasteiger partial charge in [0.05, 0.1) is 29.9 Å². The summed E-state index contributed by atoms with van der Waals surface area (Å²) in [7, 11) is 1.61. The monoisotopic (exact) mass is 335 g/mol. The molecule has 23 heavy (non-hydrogen) atoms. The number of aromatic nitrogens is 2. The lowest BCUT2D eigenvalue weighted by Crippen LogP contribution is -2.44. The first kappa shape index (κ1) is 17.3. The Morgan fingerprint density at radius 3 is 2.74 bits per heavy atom. The zero-order chi connectivity index (χ0) is 17.0. The fourth-order valence-corrected chi connectivity index (χ4v) is 2.94. The topological polar surface area (TPSA) is 84.1 Å². The van der Waals surface area contributed by atoms with E-state index in [4.69, 9.17) is 4.74 Å². The molecule has 1 amide bonds. The van der Waals surface area contributed by atoms with Gasteiger partial charge in [0.1, 0.15) is 5.75 Å². The Bertz CT molecular complexity index is 712. The first-order chi connectivity index (χ1) is 10.9. The Kier molecular flexibility index (Phi) is 5.65. The fourth-order valence-electron chi connectivity index (χ4n) is 2.25. The number of Topliss-reactive ketones (excluding diaryl/α,β-unsaturated/α-hetero) is 1. The summed E-state index contributed by atoms with van der Waals surface area (Å²) in [6, 6.07) is 5.11. The van der Waals surface area contributed by atoms with Crippen molar-refractivity contribution in [1.29, 1.82) is 0 Å². The van der Waals surface area contributed by atoms with Gasteiger partial charge in [-0.3, -0.25) is 9.59 Å². The Morgan fingerprint density at radius 2 is 2.13 bits per heavy atom. The number of methoxy groups -OCH3 is 1. The summed E-state index contributed by atoms with van der Waals surface area (Å²) in [6.45, 7) is 5.31. The minimum Gasteiger partial charge on any atom is -0.497 e. The van der Waals surface area contributed by atoms with E-state index in [1.54, 1.807) is 7.11 Å². The molecule has 1 aromatic heterocycles. The number of benzene rings is 1. The number of ether oxygens (including phenoxy) is 1. The summed E-state index contributed by atoms with van der Waals surface area (Å²) in [6.07, 6.45) is 0. The van der Waals surface area contributed by atoms with Gasteiger partial charge in [0.15, 0.2) is 10.9 Å². The molecule has 0 spiro atoms. The van der Waals surface area contributed by atoms with Gasteiger partial charge in [-0.2, -0.15) is 0 Å². The lowest BCUT2D eigenvalue weighted by Gasteiger charge is -2.19. The highest BCUT2D eigenvalue weighted by Gasteiger charge is 2.20. The molecule has 124 valence electrons. The van der Waals surface area contributed by atoms with E-state index in [1.807, 2.05) is 32.0 Å². The highest BCUT2D eigenvalue weighted by atomic mass is 32.2. The number of nitrogens with one attached hydrogen (secondary N) is 2. The van der Waals surface area contributed by atoms with E-state index in [0.717, 1.165) is 16.8 Å². The van der Waals surface area contributed by atoms with Crippen LogP contribution in [0.4, 0.5) is 0 Å². The van der Waals surface area contributed by atoms with E-state index < -0.39 is 6.04 Å². The first-order valence-electron chi connectivity index (χ1n) is 7.37. The second-order valence-corrected chi connectivity index (χ2v) is 6.58. The Balaban J connectivity index is 1.97. The second-order valence-electron chi connectivity index (χ2n) is 5.61. The maximum Gasteiger partial charge on any atom is 0.231 e. The van der Waals surface area contributed by atoms with Crippen molar-refractivity contribution in [2.75, 3.05) is 12.9 Å². The molecule has 0 bridgehead atoms. The van der Waals surface area contributed by atoms with E-state index in [1.165, 1.54) is 18.7 Å². The van der Waals surface area contributed by atoms with Crippen LogP contribution in [0.3, 0.4) is 0 Å². The standard InChI is InChI=1S/C16H21N3O3S/c1-9(2)15(10(3)20)19-14(21)8-23-16-17-12-6-5-11(22-4)7-13(12)18-16/h5-7,9,15H,8H2,1-4H3,(H,17,18)(H,19,21). The van der Waals surface area contributed by atoms with Gasteiger partial charge in [0.2, 0.25) is 5.91 Å². The number of ketones is 1. The number of carbonyl (C=O) groups excluding carboxylic acids is 2. The average molecular weight is 335 g/mol. The Morgan fingerprint density at radius 1 is 1.39 bits per heavy atom. The average Bonchev–Trinajstić information content (AvgIpc) is 2.91. The van der Waals surface area contributed by atoms with Gasteiger partial charge in [0, 0.05) is 6.07 Å². The molecule has 1 heterocycles. The lowest BCUT2D eigenvalue weighted by atomic mass is 10.0. The minimum atomic E-state index is -0.442. The number of nitrogens with zero attached hydrogens (tertiary/aromatic N) is 1. The maximum absolute atomic E-state index is 12.0. The van der Waals surface area contributed by atoms with Crippen molar-refractivity contribution in [3.63, 3.8) is 0 Å². The van der Waals surface area contributed by atoms with E-state index in [0.29, 0.717) is 5.16 Å². The smallest absolute Gasteiger partial charge is 0.231 e. The van der Waals surface area contributed by atoms with Crippen molar-refractivity contribution in [2.24, 2.45) is 5.92 Å². The van der Waals surface area contributed by atoms with E-state index in [-0.39, 0.29) is 23.4 Å². The van der Waals surface area contributed by atoms with Crippen LogP contribution in [0.2, 0.25) is 0 Å².